The first-order chi connectivity index (χ1) is 18.0. The van der Waals surface area contributed by atoms with Crippen LogP contribution in [0.3, 0.4) is 0 Å². The van der Waals surface area contributed by atoms with Crippen LogP contribution in [-0.4, -0.2) is 58.0 Å². The van der Waals surface area contributed by atoms with Gasteiger partial charge < -0.3 is 29.5 Å². The highest BCUT2D eigenvalue weighted by atomic mass is 16.5. The van der Waals surface area contributed by atoms with E-state index in [0.29, 0.717) is 18.3 Å². The molecular formula is C31H40N2O4. The zero-order valence-corrected chi connectivity index (χ0v) is 22.5. The number of nitrogens with one attached hydrogen (secondary N) is 1. The molecule has 0 bridgehead atoms. The summed E-state index contributed by atoms with van der Waals surface area (Å²) in [5, 5.41) is 13.5. The van der Waals surface area contributed by atoms with Crippen LogP contribution in [0.1, 0.15) is 41.0 Å². The van der Waals surface area contributed by atoms with Crippen LogP contribution in [0.5, 0.6) is 23.0 Å². The number of methoxy groups -OCH3 is 2. The summed E-state index contributed by atoms with van der Waals surface area (Å²) in [4.78, 5) is 2.12. The van der Waals surface area contributed by atoms with Gasteiger partial charge in [0.2, 0.25) is 0 Å². The molecule has 1 atom stereocenters. The first kappa shape index (κ1) is 26.7. The van der Waals surface area contributed by atoms with Crippen LogP contribution in [0, 0.1) is 0 Å². The molecule has 0 saturated heterocycles. The number of phenolic OH excluding ortho intramolecular Hbond substituents is 1. The highest BCUT2D eigenvalue weighted by Gasteiger charge is 2.24. The number of nitrogens with zero attached hydrogens (tertiary/aromatic N) is 1. The minimum Gasteiger partial charge on any atom is -0.508 e. The number of ether oxygens (including phenoxy) is 3. The van der Waals surface area contributed by atoms with Gasteiger partial charge in [-0.15, -0.1) is 0 Å². The molecule has 6 heteroatoms. The minimum atomic E-state index is 0.345. The number of fused-ring (bicyclic) bond motifs is 1. The monoisotopic (exact) mass is 504 g/mol. The summed E-state index contributed by atoms with van der Waals surface area (Å²) in [6, 6.07) is 18.4. The first-order valence-electron chi connectivity index (χ1n) is 13.1. The van der Waals surface area contributed by atoms with Crippen molar-refractivity contribution in [2.24, 2.45) is 0 Å². The van der Waals surface area contributed by atoms with E-state index in [9.17, 15) is 5.11 Å². The maximum atomic E-state index is 9.86. The van der Waals surface area contributed by atoms with Crippen molar-refractivity contribution in [1.29, 1.82) is 0 Å². The number of hydrogen-bond donors (Lipinski definition) is 2. The van der Waals surface area contributed by atoms with E-state index in [1.165, 1.54) is 22.3 Å². The minimum absolute atomic E-state index is 0.345. The van der Waals surface area contributed by atoms with Crippen LogP contribution in [0.25, 0.3) is 0 Å². The second-order valence-corrected chi connectivity index (χ2v) is 10.0. The van der Waals surface area contributed by atoms with Gasteiger partial charge in [0, 0.05) is 24.8 Å². The molecule has 3 aromatic rings. The van der Waals surface area contributed by atoms with Gasteiger partial charge in [0.25, 0.3) is 0 Å². The number of benzene rings is 3. The van der Waals surface area contributed by atoms with Crippen molar-refractivity contribution in [1.82, 2.24) is 4.90 Å². The molecule has 0 aromatic heterocycles. The van der Waals surface area contributed by atoms with E-state index in [-0.39, 0.29) is 0 Å². The Morgan fingerprint density at radius 3 is 2.43 bits per heavy atom. The summed E-state index contributed by atoms with van der Waals surface area (Å²) in [6.45, 7) is 2.46. The average molecular weight is 505 g/mol. The number of rotatable bonds is 12. The molecule has 0 aliphatic heterocycles. The van der Waals surface area contributed by atoms with Crippen LogP contribution >= 0.6 is 0 Å². The van der Waals surface area contributed by atoms with Gasteiger partial charge >= 0.3 is 0 Å². The summed E-state index contributed by atoms with van der Waals surface area (Å²) in [6.07, 6.45) is 4.94. The van der Waals surface area contributed by atoms with E-state index in [1.807, 2.05) is 20.2 Å². The van der Waals surface area contributed by atoms with Crippen LogP contribution in [0.15, 0.2) is 54.6 Å². The summed E-state index contributed by atoms with van der Waals surface area (Å²) in [5.41, 5.74) is 6.23. The normalized spacial score (nSPS) is 14.8. The van der Waals surface area contributed by atoms with Crippen LogP contribution in [-0.2, 0) is 19.3 Å². The molecule has 6 nitrogen and oxygen atoms in total. The third-order valence-corrected chi connectivity index (χ3v) is 7.10. The van der Waals surface area contributed by atoms with Gasteiger partial charge in [-0.3, -0.25) is 0 Å². The van der Waals surface area contributed by atoms with E-state index in [2.05, 4.69) is 52.7 Å². The highest BCUT2D eigenvalue weighted by molar-refractivity contribution is 5.62. The first-order valence-corrected chi connectivity index (χ1v) is 13.1. The van der Waals surface area contributed by atoms with Crippen LogP contribution in [0.4, 0.5) is 5.69 Å². The number of anilines is 1. The number of hydrogen-bond acceptors (Lipinski definition) is 6. The van der Waals surface area contributed by atoms with Crippen LogP contribution < -0.4 is 19.5 Å². The van der Waals surface area contributed by atoms with E-state index >= 15 is 0 Å². The number of aryl methyl sites for hydroxylation is 2. The summed E-state index contributed by atoms with van der Waals surface area (Å²) in [7, 11) is 7.46. The van der Waals surface area contributed by atoms with Gasteiger partial charge in [0.1, 0.15) is 18.1 Å². The molecule has 198 valence electrons. The van der Waals surface area contributed by atoms with Gasteiger partial charge in [0.05, 0.1) is 14.2 Å². The molecule has 0 radical (unpaired) electrons. The van der Waals surface area contributed by atoms with Crippen molar-refractivity contribution in [2.45, 2.75) is 38.0 Å². The molecule has 0 heterocycles. The molecule has 0 saturated carbocycles. The van der Waals surface area contributed by atoms with Crippen molar-refractivity contribution in [2.75, 3.05) is 53.3 Å². The predicted octanol–water partition coefficient (Wildman–Crippen LogP) is 5.67. The van der Waals surface area contributed by atoms with Gasteiger partial charge in [-0.05, 0) is 105 Å². The van der Waals surface area contributed by atoms with Crippen molar-refractivity contribution >= 4 is 5.69 Å². The zero-order chi connectivity index (χ0) is 26.2. The fraction of sp³-hybridized carbons (Fsp3) is 0.419. The van der Waals surface area contributed by atoms with Crippen molar-refractivity contribution in [3.63, 3.8) is 0 Å². The molecule has 1 aliphatic carbocycles. The Bertz CT molecular complexity index is 1160. The summed E-state index contributed by atoms with van der Waals surface area (Å²) >= 11 is 0. The third kappa shape index (κ3) is 7.10. The molecule has 0 unspecified atom stereocenters. The molecule has 2 N–H and O–H groups in total. The third-order valence-electron chi connectivity index (χ3n) is 7.10. The molecular weight excluding hydrogens is 464 g/mol. The zero-order valence-electron chi connectivity index (χ0n) is 22.5. The predicted molar refractivity (Wildman–Crippen MR) is 150 cm³/mol. The molecule has 0 amide bonds. The highest BCUT2D eigenvalue weighted by Crippen LogP contribution is 2.42. The SMILES string of the molecule is COc1cc(NCCCc2ccc(OCCN(C)C)cc2)c([C@@H]2CCc3cc(O)ccc3C2)cc1OC. The molecule has 37 heavy (non-hydrogen) atoms. The Balaban J connectivity index is 1.39. The van der Waals surface area contributed by atoms with E-state index in [1.54, 1.807) is 20.3 Å². The van der Waals surface area contributed by atoms with Gasteiger partial charge in [-0.2, -0.15) is 0 Å². The molecule has 0 fully saturated rings. The van der Waals surface area contributed by atoms with Crippen molar-refractivity contribution in [3.8, 4) is 23.0 Å². The lowest BCUT2D eigenvalue weighted by molar-refractivity contribution is 0.261. The molecule has 4 rings (SSSR count). The fourth-order valence-corrected chi connectivity index (χ4v) is 5.01. The lowest BCUT2D eigenvalue weighted by atomic mass is 9.79. The second kappa shape index (κ2) is 12.7. The Hall–Kier alpha value is -3.38. The maximum absolute atomic E-state index is 9.86. The fourth-order valence-electron chi connectivity index (χ4n) is 5.01. The standard InChI is InChI=1S/C31H40N2O4/c1-33(2)16-17-37-27-13-7-22(8-14-27)6-5-15-32-29-21-31(36-4)30(35-3)20-28(29)25-10-9-24-19-26(34)12-11-23(24)18-25/h7-8,11-14,19-21,25,32,34H,5-6,9-10,15-18H2,1-4H3/t25-/m1/s1. The Kier molecular flexibility index (Phi) is 9.18. The van der Waals surface area contributed by atoms with Crippen molar-refractivity contribution in [3.05, 3.63) is 76.9 Å². The maximum Gasteiger partial charge on any atom is 0.162 e. The lowest BCUT2D eigenvalue weighted by Gasteiger charge is -2.28. The molecule has 1 aliphatic rings. The van der Waals surface area contributed by atoms with Gasteiger partial charge in [-0.25, -0.2) is 0 Å². The van der Waals surface area contributed by atoms with E-state index in [0.717, 1.165) is 68.1 Å². The second-order valence-electron chi connectivity index (χ2n) is 10.0. The van der Waals surface area contributed by atoms with Crippen molar-refractivity contribution < 1.29 is 19.3 Å². The smallest absolute Gasteiger partial charge is 0.162 e. The quantitative estimate of drug-likeness (QED) is 0.310. The van der Waals surface area contributed by atoms with E-state index < -0.39 is 0 Å². The molecule has 3 aromatic carbocycles. The van der Waals surface area contributed by atoms with E-state index in [4.69, 9.17) is 14.2 Å². The van der Waals surface area contributed by atoms with Gasteiger partial charge in [0.15, 0.2) is 11.5 Å². The largest absolute Gasteiger partial charge is 0.508 e. The van der Waals surface area contributed by atoms with Gasteiger partial charge in [-0.1, -0.05) is 18.2 Å². The average Bonchev–Trinajstić information content (AvgIpc) is 2.91. The number of phenols is 1. The Morgan fingerprint density at radius 2 is 1.70 bits per heavy atom. The topological polar surface area (TPSA) is 63.2 Å². The number of likely N-dealkylation sites (N-methyl/N-ethyl adjacent to an activating group) is 1. The van der Waals surface area contributed by atoms with Crippen LogP contribution in [0.2, 0.25) is 0 Å². The Morgan fingerprint density at radius 1 is 0.946 bits per heavy atom. The Labute approximate surface area is 221 Å². The lowest BCUT2D eigenvalue weighted by Crippen LogP contribution is -2.19. The summed E-state index contributed by atoms with van der Waals surface area (Å²) in [5.74, 6) is 3.13. The number of aromatic hydroxyl groups is 1. The summed E-state index contributed by atoms with van der Waals surface area (Å²) < 4.78 is 17.1. The molecule has 0 spiro atoms.